The fourth-order valence-electron chi connectivity index (χ4n) is 1.11. The Morgan fingerprint density at radius 2 is 0.462 bits per heavy atom. The van der Waals surface area contributed by atoms with Gasteiger partial charge in [-0.25, -0.2) is 0 Å². The van der Waals surface area contributed by atoms with E-state index in [1.807, 2.05) is 106 Å². The van der Waals surface area contributed by atoms with Crippen LogP contribution in [0.3, 0.4) is 0 Å². The second-order valence-corrected chi connectivity index (χ2v) is 6.30. The van der Waals surface area contributed by atoms with Gasteiger partial charge in [0.15, 0.2) is 0 Å². The number of hydrogen-bond donors (Lipinski definition) is 0. The Morgan fingerprint density at radius 3 is 0.500 bits per heavy atom. The second-order valence-electron chi connectivity index (χ2n) is 3.31. The zero-order chi connectivity index (χ0) is 22.6. The van der Waals surface area contributed by atoms with Gasteiger partial charge in [-0.15, -0.1) is 22.7 Å². The minimum absolute atomic E-state index is 1.40. The fourth-order valence-corrected chi connectivity index (χ4v) is 2.67. The van der Waals surface area contributed by atoms with E-state index >= 15 is 0 Å². The maximum absolute atomic E-state index is 2.14. The van der Waals surface area contributed by atoms with E-state index in [0.29, 0.717) is 0 Å². The van der Waals surface area contributed by atoms with E-state index in [4.69, 9.17) is 0 Å². The molecule has 0 aromatic carbocycles. The zero-order valence-corrected chi connectivity index (χ0v) is 22.8. The van der Waals surface area contributed by atoms with Crippen molar-refractivity contribution in [1.82, 2.24) is 0 Å². The summed E-state index contributed by atoms with van der Waals surface area (Å²) in [6.07, 6.45) is 0. The molecule has 2 aromatic rings. The Labute approximate surface area is 177 Å². The van der Waals surface area contributed by atoms with Crippen LogP contribution in [-0.4, -0.2) is 0 Å². The van der Waals surface area contributed by atoms with Crippen molar-refractivity contribution in [2.75, 3.05) is 0 Å². The maximum atomic E-state index is 2.14. The molecule has 2 heterocycles. The van der Waals surface area contributed by atoms with E-state index in [1.54, 1.807) is 0 Å². The van der Waals surface area contributed by atoms with Crippen molar-refractivity contribution in [1.29, 1.82) is 0 Å². The molecule has 0 bridgehead atoms. The third-order valence-corrected chi connectivity index (χ3v) is 3.58. The highest BCUT2D eigenvalue weighted by Crippen LogP contribution is 2.12. The van der Waals surface area contributed by atoms with Gasteiger partial charge < -0.3 is 0 Å². The van der Waals surface area contributed by atoms with E-state index in [1.165, 1.54) is 19.5 Å². The lowest BCUT2D eigenvalue weighted by Crippen LogP contribution is -1.44. The molecule has 2 heteroatoms. The summed E-state index contributed by atoms with van der Waals surface area (Å²) in [5, 5.41) is 0. The van der Waals surface area contributed by atoms with Crippen molar-refractivity contribution in [3.05, 3.63) is 43.8 Å². The van der Waals surface area contributed by atoms with Gasteiger partial charge in [0.25, 0.3) is 0 Å². The predicted molar refractivity (Wildman–Crippen MR) is 136 cm³/mol. The fraction of sp³-hybridized carbons (Fsp3) is 0.667. The molecule has 2 aromatic heterocycles. The average Bonchev–Trinajstić information content (AvgIpc) is 3.31. The Morgan fingerprint density at radius 1 is 0.346 bits per heavy atom. The summed E-state index contributed by atoms with van der Waals surface area (Å²) >= 11 is 3.69. The SMILES string of the molecule is CC.CC.CC.CC.CC.CC.Cc1ccc(C)s1.Cc1ccc(C)s1. The van der Waals surface area contributed by atoms with Crippen molar-refractivity contribution in [2.45, 2.75) is 111 Å². The van der Waals surface area contributed by atoms with Crippen LogP contribution in [0.1, 0.15) is 103 Å². The van der Waals surface area contributed by atoms with E-state index in [2.05, 4.69) is 52.0 Å². The summed E-state index contributed by atoms with van der Waals surface area (Å²) in [6.45, 7) is 32.5. The molecule has 160 valence electrons. The number of aryl methyl sites for hydroxylation is 4. The lowest BCUT2D eigenvalue weighted by Gasteiger charge is -1.71. The summed E-state index contributed by atoms with van der Waals surface area (Å²) in [5.41, 5.74) is 0. The van der Waals surface area contributed by atoms with E-state index < -0.39 is 0 Å². The van der Waals surface area contributed by atoms with Gasteiger partial charge in [0.2, 0.25) is 0 Å². The minimum Gasteiger partial charge on any atom is -0.146 e. The van der Waals surface area contributed by atoms with Crippen LogP contribution in [0.15, 0.2) is 24.3 Å². The zero-order valence-electron chi connectivity index (χ0n) is 21.1. The number of thiophene rings is 2. The van der Waals surface area contributed by atoms with Gasteiger partial charge in [-0.05, 0) is 52.0 Å². The summed E-state index contributed by atoms with van der Waals surface area (Å²) < 4.78 is 0. The molecule has 0 unspecified atom stereocenters. The second kappa shape index (κ2) is 44.1. The molecule has 0 spiro atoms. The normalized spacial score (nSPS) is 6.46. The molecule has 0 nitrogen and oxygen atoms in total. The number of hydrogen-bond acceptors (Lipinski definition) is 2. The molecule has 26 heavy (non-hydrogen) atoms. The van der Waals surface area contributed by atoms with Gasteiger partial charge in [0.05, 0.1) is 0 Å². The van der Waals surface area contributed by atoms with Gasteiger partial charge in [-0.3, -0.25) is 0 Å². The molecule has 0 radical (unpaired) electrons. The summed E-state index contributed by atoms with van der Waals surface area (Å²) in [5.74, 6) is 0. The monoisotopic (exact) mass is 404 g/mol. The first-order valence-corrected chi connectivity index (χ1v) is 12.3. The molecule has 0 aliphatic carbocycles. The van der Waals surface area contributed by atoms with Crippen molar-refractivity contribution in [3.63, 3.8) is 0 Å². The van der Waals surface area contributed by atoms with Crippen LogP contribution in [0.5, 0.6) is 0 Å². The first kappa shape index (κ1) is 40.2. The summed E-state index contributed by atoms with van der Waals surface area (Å²) in [7, 11) is 0. The van der Waals surface area contributed by atoms with Crippen LogP contribution in [0.4, 0.5) is 0 Å². The van der Waals surface area contributed by atoms with Crippen molar-refractivity contribution in [2.24, 2.45) is 0 Å². The average molecular weight is 405 g/mol. The van der Waals surface area contributed by atoms with Crippen molar-refractivity contribution in [3.8, 4) is 0 Å². The topological polar surface area (TPSA) is 0 Å². The van der Waals surface area contributed by atoms with Crippen LogP contribution in [0, 0.1) is 27.7 Å². The van der Waals surface area contributed by atoms with E-state index in [0.717, 1.165) is 0 Å². The summed E-state index contributed by atoms with van der Waals surface area (Å²) in [4.78, 5) is 5.60. The molecule has 0 fully saturated rings. The van der Waals surface area contributed by atoms with Crippen LogP contribution < -0.4 is 0 Å². The lowest BCUT2D eigenvalue weighted by atomic mass is 10.5. The molecule has 0 aliphatic rings. The van der Waals surface area contributed by atoms with Crippen molar-refractivity contribution < 1.29 is 0 Å². The molecular formula is C24H52S2. The first-order chi connectivity index (χ1) is 12.6. The van der Waals surface area contributed by atoms with Crippen LogP contribution >= 0.6 is 22.7 Å². The van der Waals surface area contributed by atoms with Crippen molar-refractivity contribution >= 4 is 22.7 Å². The highest BCUT2D eigenvalue weighted by molar-refractivity contribution is 7.12. The van der Waals surface area contributed by atoms with E-state index in [-0.39, 0.29) is 0 Å². The molecule has 0 atom stereocenters. The van der Waals surface area contributed by atoms with Crippen LogP contribution in [0.2, 0.25) is 0 Å². The Hall–Kier alpha value is -0.600. The standard InChI is InChI=1S/2C6H8S.6C2H6/c2*1-5-3-4-6(2)7-5;6*1-2/h2*3-4H,1-2H3;6*1-2H3. The van der Waals surface area contributed by atoms with Gasteiger partial charge in [-0.1, -0.05) is 83.1 Å². The Balaban J connectivity index is -0.0000000493. The van der Waals surface area contributed by atoms with Gasteiger partial charge in [0, 0.05) is 19.5 Å². The lowest BCUT2D eigenvalue weighted by molar-refractivity contribution is 1.50. The molecule has 0 saturated heterocycles. The third kappa shape index (κ3) is 38.8. The third-order valence-electron chi connectivity index (χ3n) is 1.75. The number of rotatable bonds is 0. The Bertz CT molecular complexity index is 313. The first-order valence-electron chi connectivity index (χ1n) is 10.6. The minimum atomic E-state index is 1.40. The molecule has 0 N–H and O–H groups in total. The Kier molecular flexibility index (Phi) is 68.2. The van der Waals surface area contributed by atoms with Crippen LogP contribution in [-0.2, 0) is 0 Å². The highest BCUT2D eigenvalue weighted by Gasteiger charge is 1.85. The molecular weight excluding hydrogens is 352 g/mol. The maximum Gasteiger partial charge on any atom is 0.00170 e. The molecule has 2 rings (SSSR count). The smallest absolute Gasteiger partial charge is 0.00170 e. The predicted octanol–water partition coefficient (Wildman–Crippen LogP) is 10.9. The highest BCUT2D eigenvalue weighted by atomic mass is 32.1. The summed E-state index contributed by atoms with van der Waals surface area (Å²) in [6, 6.07) is 8.56. The largest absolute Gasteiger partial charge is 0.146 e. The van der Waals surface area contributed by atoms with Gasteiger partial charge in [-0.2, -0.15) is 0 Å². The quantitative estimate of drug-likeness (QED) is 0.409. The molecule has 0 aliphatic heterocycles. The van der Waals surface area contributed by atoms with Crippen LogP contribution in [0.25, 0.3) is 0 Å². The molecule has 0 saturated carbocycles. The van der Waals surface area contributed by atoms with Gasteiger partial charge in [0.1, 0.15) is 0 Å². The van der Waals surface area contributed by atoms with E-state index in [9.17, 15) is 0 Å². The van der Waals surface area contributed by atoms with Gasteiger partial charge >= 0.3 is 0 Å². The molecule has 0 amide bonds.